The highest BCUT2D eigenvalue weighted by molar-refractivity contribution is 7.91. The smallest absolute Gasteiger partial charge is 0.295 e. The van der Waals surface area contributed by atoms with Gasteiger partial charge in [0.15, 0.2) is 0 Å². The van der Waals surface area contributed by atoms with Gasteiger partial charge >= 0.3 is 0 Å². The molecule has 1 N–H and O–H groups in total. The number of nitro groups is 1. The van der Waals surface area contributed by atoms with Crippen LogP contribution in [0.1, 0.15) is 22.0 Å². The first-order valence-corrected chi connectivity index (χ1v) is 10.8. The lowest BCUT2D eigenvalue weighted by molar-refractivity contribution is -0.384. The summed E-state index contributed by atoms with van der Waals surface area (Å²) in [6.07, 6.45) is 0. The molecule has 2 heterocycles. The highest BCUT2D eigenvalue weighted by Crippen LogP contribution is 2.24. The van der Waals surface area contributed by atoms with Crippen molar-refractivity contribution in [3.8, 4) is 0 Å². The van der Waals surface area contributed by atoms with E-state index in [0.717, 1.165) is 23.5 Å². The molecule has 0 aliphatic carbocycles. The van der Waals surface area contributed by atoms with E-state index in [1.807, 2.05) is 19.9 Å². The summed E-state index contributed by atoms with van der Waals surface area (Å²) in [5.41, 5.74) is 1.67. The number of benzene rings is 2. The number of sulfone groups is 1. The number of amides is 1. The van der Waals surface area contributed by atoms with Gasteiger partial charge in [0.2, 0.25) is 15.7 Å². The molecule has 0 saturated carbocycles. The molecule has 162 valence electrons. The van der Waals surface area contributed by atoms with Gasteiger partial charge in [0.25, 0.3) is 17.4 Å². The molecule has 0 unspecified atom stereocenters. The summed E-state index contributed by atoms with van der Waals surface area (Å²) in [6, 6.07) is 11.9. The third-order valence-corrected chi connectivity index (χ3v) is 6.39. The number of nitrogens with one attached hydrogen (secondary N) is 1. The minimum absolute atomic E-state index is 0.0227. The first-order chi connectivity index (χ1) is 15.1. The number of nitro benzene ring substituents is 1. The molecular weight excluding hydrogens is 436 g/mol. The van der Waals surface area contributed by atoms with E-state index >= 15 is 0 Å². The third kappa shape index (κ3) is 3.90. The van der Waals surface area contributed by atoms with E-state index in [4.69, 9.17) is 0 Å². The predicted molar refractivity (Wildman–Crippen MR) is 113 cm³/mol. The number of carbonyl (C=O) groups excluding carboxylic acids is 1. The Hall–Kier alpha value is -4.19. The maximum absolute atomic E-state index is 12.7. The molecule has 32 heavy (non-hydrogen) atoms. The maximum atomic E-state index is 12.7. The number of fused-ring (bicyclic) bond motifs is 1. The van der Waals surface area contributed by atoms with Crippen molar-refractivity contribution >= 4 is 32.9 Å². The molecule has 12 heteroatoms. The summed E-state index contributed by atoms with van der Waals surface area (Å²) >= 11 is 0. The largest absolute Gasteiger partial charge is 0.319 e. The van der Waals surface area contributed by atoms with Crippen molar-refractivity contribution in [1.82, 2.24) is 19.6 Å². The third-order valence-electron chi connectivity index (χ3n) is 4.60. The zero-order chi connectivity index (χ0) is 23.0. The monoisotopic (exact) mass is 452 g/mol. The van der Waals surface area contributed by atoms with Gasteiger partial charge in [-0.05, 0) is 56.3 Å². The quantitative estimate of drug-likeness (QED) is 0.359. The Labute approximate surface area is 181 Å². The summed E-state index contributed by atoms with van der Waals surface area (Å²) in [5.74, 6) is -0.343. The molecule has 2 aromatic carbocycles. The van der Waals surface area contributed by atoms with Crippen LogP contribution in [0.3, 0.4) is 0 Å². The number of hydrogen-bond donors (Lipinski definition) is 1. The van der Waals surface area contributed by atoms with Gasteiger partial charge in [-0.3, -0.25) is 14.9 Å². The molecule has 0 aliphatic rings. The minimum atomic E-state index is -3.88. The van der Waals surface area contributed by atoms with Gasteiger partial charge in [-0.15, -0.1) is 5.10 Å². The number of nitrogens with zero attached hydrogens (tertiary/aromatic N) is 5. The number of aryl methyl sites for hydroxylation is 2. The van der Waals surface area contributed by atoms with Crippen LogP contribution in [0.2, 0.25) is 0 Å². The normalized spacial score (nSPS) is 11.4. The van der Waals surface area contributed by atoms with Gasteiger partial charge in [0, 0.05) is 29.2 Å². The molecule has 2 aromatic heterocycles. The zero-order valence-corrected chi connectivity index (χ0v) is 17.7. The standard InChI is InChI=1S/C20H16N6O5S/c1-12-11-13(2)25-20(21-12)23-18(24-25)19(27)22-14-3-7-16(8-4-14)32(30,31)17-9-5-15(6-10-17)26(28)29/h3-11H,1-2H3,(H,22,27). The van der Waals surface area contributed by atoms with Crippen molar-refractivity contribution in [3.63, 3.8) is 0 Å². The van der Waals surface area contributed by atoms with E-state index in [0.29, 0.717) is 11.5 Å². The van der Waals surface area contributed by atoms with E-state index in [1.165, 1.54) is 40.9 Å². The van der Waals surface area contributed by atoms with Crippen molar-refractivity contribution < 1.29 is 18.1 Å². The molecule has 0 spiro atoms. The van der Waals surface area contributed by atoms with Gasteiger partial charge in [0.1, 0.15) is 0 Å². The number of carbonyl (C=O) groups is 1. The van der Waals surface area contributed by atoms with Crippen LogP contribution in [0, 0.1) is 24.0 Å². The molecule has 0 radical (unpaired) electrons. The fourth-order valence-corrected chi connectivity index (χ4v) is 4.31. The van der Waals surface area contributed by atoms with Crippen LogP contribution in [0.25, 0.3) is 5.78 Å². The van der Waals surface area contributed by atoms with E-state index in [2.05, 4.69) is 20.4 Å². The first-order valence-electron chi connectivity index (χ1n) is 9.27. The predicted octanol–water partition coefficient (Wildman–Crippen LogP) is 2.73. The molecule has 4 aromatic rings. The Balaban J connectivity index is 1.54. The van der Waals surface area contributed by atoms with E-state index in [-0.39, 0.29) is 21.3 Å². The molecule has 0 saturated heterocycles. The highest BCUT2D eigenvalue weighted by Gasteiger charge is 2.20. The van der Waals surface area contributed by atoms with E-state index in [9.17, 15) is 23.3 Å². The molecule has 1 amide bonds. The van der Waals surface area contributed by atoms with Gasteiger partial charge in [0.05, 0.1) is 14.7 Å². The lowest BCUT2D eigenvalue weighted by Crippen LogP contribution is -2.14. The highest BCUT2D eigenvalue weighted by atomic mass is 32.2. The fraction of sp³-hybridized carbons (Fsp3) is 0.100. The summed E-state index contributed by atoms with van der Waals surface area (Å²) in [4.78, 5) is 30.9. The van der Waals surface area contributed by atoms with E-state index < -0.39 is 20.7 Å². The topological polar surface area (TPSA) is 149 Å². The van der Waals surface area contributed by atoms with Crippen molar-refractivity contribution in [2.24, 2.45) is 0 Å². The molecule has 0 bridgehead atoms. The zero-order valence-electron chi connectivity index (χ0n) is 16.9. The second-order valence-electron chi connectivity index (χ2n) is 6.92. The summed E-state index contributed by atoms with van der Waals surface area (Å²) < 4.78 is 26.9. The lowest BCUT2D eigenvalue weighted by Gasteiger charge is -2.07. The molecule has 0 atom stereocenters. The molecule has 11 nitrogen and oxygen atoms in total. The number of rotatable bonds is 5. The molecular formula is C20H16N6O5S. The SMILES string of the molecule is Cc1cc(C)n2nc(C(=O)Nc3ccc(S(=O)(=O)c4ccc([N+](=O)[O-])cc4)cc3)nc2n1. The second kappa shape index (κ2) is 7.81. The van der Waals surface area contributed by atoms with Crippen LogP contribution in [-0.4, -0.2) is 38.8 Å². The lowest BCUT2D eigenvalue weighted by atomic mass is 10.3. The Morgan fingerprint density at radius 2 is 1.59 bits per heavy atom. The fourth-order valence-electron chi connectivity index (χ4n) is 3.05. The molecule has 4 rings (SSSR count). The summed E-state index contributed by atoms with van der Waals surface area (Å²) in [7, 11) is -3.88. The Bertz CT molecular complexity index is 1460. The average Bonchev–Trinajstić information content (AvgIpc) is 3.19. The van der Waals surface area contributed by atoms with Crippen molar-refractivity contribution in [1.29, 1.82) is 0 Å². The number of anilines is 1. The van der Waals surface area contributed by atoms with Crippen LogP contribution in [0.5, 0.6) is 0 Å². The van der Waals surface area contributed by atoms with Crippen LogP contribution >= 0.6 is 0 Å². The Morgan fingerprint density at radius 1 is 1.00 bits per heavy atom. The first kappa shape index (κ1) is 21.1. The van der Waals surface area contributed by atoms with Crippen LogP contribution < -0.4 is 5.32 Å². The molecule has 0 aliphatic heterocycles. The van der Waals surface area contributed by atoms with Gasteiger partial charge in [-0.2, -0.15) is 4.98 Å². The van der Waals surface area contributed by atoms with Crippen LogP contribution in [-0.2, 0) is 9.84 Å². The summed E-state index contributed by atoms with van der Waals surface area (Å²) in [6.45, 7) is 3.63. The maximum Gasteiger partial charge on any atom is 0.295 e. The van der Waals surface area contributed by atoms with Crippen LogP contribution in [0.4, 0.5) is 11.4 Å². The van der Waals surface area contributed by atoms with Crippen molar-refractivity contribution in [2.75, 3.05) is 5.32 Å². The van der Waals surface area contributed by atoms with E-state index in [1.54, 1.807) is 0 Å². The van der Waals surface area contributed by atoms with Gasteiger partial charge < -0.3 is 5.32 Å². The molecule has 0 fully saturated rings. The Kier molecular flexibility index (Phi) is 5.14. The summed E-state index contributed by atoms with van der Waals surface area (Å²) in [5, 5.41) is 17.5. The average molecular weight is 452 g/mol. The van der Waals surface area contributed by atoms with Crippen molar-refractivity contribution in [3.05, 3.63) is 81.9 Å². The van der Waals surface area contributed by atoms with Crippen LogP contribution in [0.15, 0.2) is 64.4 Å². The number of aromatic nitrogens is 4. The van der Waals surface area contributed by atoms with Crippen molar-refractivity contribution in [2.45, 2.75) is 23.6 Å². The van der Waals surface area contributed by atoms with Gasteiger partial charge in [-0.1, -0.05) is 0 Å². The second-order valence-corrected chi connectivity index (χ2v) is 8.87. The Morgan fingerprint density at radius 3 is 2.19 bits per heavy atom. The number of hydrogen-bond acceptors (Lipinski definition) is 8. The number of non-ortho nitro benzene ring substituents is 1. The van der Waals surface area contributed by atoms with Gasteiger partial charge in [-0.25, -0.2) is 17.9 Å². The minimum Gasteiger partial charge on any atom is -0.319 e.